The van der Waals surface area contributed by atoms with Gasteiger partial charge < -0.3 is 19.0 Å². The average molecular weight is 369 g/mol. The van der Waals surface area contributed by atoms with Gasteiger partial charge in [-0.15, -0.1) is 0 Å². The number of rotatable bonds is 4. The third-order valence-electron chi connectivity index (χ3n) is 5.11. The number of likely N-dealkylation sites (tertiary alicyclic amines) is 1. The molecule has 0 aromatic carbocycles. The molecule has 2 fully saturated rings. The van der Waals surface area contributed by atoms with Gasteiger partial charge in [-0.1, -0.05) is 6.07 Å². The Kier molecular flexibility index (Phi) is 4.83. The Morgan fingerprint density at radius 3 is 2.93 bits per heavy atom. The Balaban J connectivity index is 1.41. The molecule has 4 rings (SSSR count). The van der Waals surface area contributed by atoms with Gasteiger partial charge in [-0.2, -0.15) is 0 Å². The normalized spacial score (nSPS) is 22.3. The van der Waals surface area contributed by atoms with Crippen LogP contribution < -0.4 is 15.3 Å². The van der Waals surface area contributed by atoms with E-state index >= 15 is 0 Å². The summed E-state index contributed by atoms with van der Waals surface area (Å²) in [5, 5.41) is 0. The standard InChI is InChI=1S/C20H23N3O4/c1-14-11-16(12-19(24)26-14)27-15-7-10-22(13-15)20(25)17-5-4-9-23(17)18-6-2-3-8-21-18/h2-3,6,8,11-12,15,17H,4-5,7,9-10,13H2,1H3. The van der Waals surface area contributed by atoms with Crippen LogP contribution in [-0.2, 0) is 4.79 Å². The second-order valence-corrected chi connectivity index (χ2v) is 7.07. The number of hydrogen-bond donors (Lipinski definition) is 0. The molecule has 0 radical (unpaired) electrons. The van der Waals surface area contributed by atoms with Crippen LogP contribution in [0, 0.1) is 6.92 Å². The van der Waals surface area contributed by atoms with Gasteiger partial charge in [0.1, 0.15) is 29.5 Å². The second kappa shape index (κ2) is 7.42. The number of hydrogen-bond acceptors (Lipinski definition) is 6. The highest BCUT2D eigenvalue weighted by Gasteiger charge is 2.37. The number of carbonyl (C=O) groups excluding carboxylic acids is 1. The maximum Gasteiger partial charge on any atom is 0.339 e. The lowest BCUT2D eigenvalue weighted by Crippen LogP contribution is -2.45. The minimum atomic E-state index is -0.423. The van der Waals surface area contributed by atoms with Gasteiger partial charge in [-0.3, -0.25) is 4.79 Å². The predicted molar refractivity (Wildman–Crippen MR) is 99.9 cm³/mol. The maximum absolute atomic E-state index is 13.1. The van der Waals surface area contributed by atoms with Crippen molar-refractivity contribution in [1.82, 2.24) is 9.88 Å². The van der Waals surface area contributed by atoms with Gasteiger partial charge in [0, 0.05) is 31.8 Å². The second-order valence-electron chi connectivity index (χ2n) is 7.07. The van der Waals surface area contributed by atoms with Gasteiger partial charge in [-0.25, -0.2) is 9.78 Å². The van der Waals surface area contributed by atoms with E-state index in [0.29, 0.717) is 24.6 Å². The molecule has 0 N–H and O–H groups in total. The van der Waals surface area contributed by atoms with Crippen molar-refractivity contribution in [2.24, 2.45) is 0 Å². The van der Waals surface area contributed by atoms with E-state index in [1.165, 1.54) is 6.07 Å². The average Bonchev–Trinajstić information content (AvgIpc) is 3.30. The summed E-state index contributed by atoms with van der Waals surface area (Å²) in [6, 6.07) is 8.66. The van der Waals surface area contributed by atoms with E-state index in [0.717, 1.165) is 31.6 Å². The van der Waals surface area contributed by atoms with E-state index in [2.05, 4.69) is 9.88 Å². The fourth-order valence-electron chi connectivity index (χ4n) is 3.89. The molecule has 2 atom stereocenters. The summed E-state index contributed by atoms with van der Waals surface area (Å²) < 4.78 is 10.9. The molecule has 2 saturated heterocycles. The number of carbonyl (C=O) groups is 1. The summed E-state index contributed by atoms with van der Waals surface area (Å²) in [5.41, 5.74) is -0.423. The summed E-state index contributed by atoms with van der Waals surface area (Å²) >= 11 is 0. The molecule has 2 aromatic rings. The Bertz CT molecular complexity index is 867. The van der Waals surface area contributed by atoms with Crippen molar-refractivity contribution < 1.29 is 13.9 Å². The first kappa shape index (κ1) is 17.6. The van der Waals surface area contributed by atoms with Gasteiger partial charge in [0.2, 0.25) is 5.91 Å². The lowest BCUT2D eigenvalue weighted by atomic mass is 10.2. The first-order valence-electron chi connectivity index (χ1n) is 9.35. The third-order valence-corrected chi connectivity index (χ3v) is 5.11. The molecule has 2 aliphatic heterocycles. The smallest absolute Gasteiger partial charge is 0.339 e. The van der Waals surface area contributed by atoms with E-state index in [1.54, 1.807) is 19.2 Å². The third kappa shape index (κ3) is 3.82. The molecule has 1 amide bonds. The maximum atomic E-state index is 13.1. The molecular weight excluding hydrogens is 346 g/mol. The van der Waals surface area contributed by atoms with E-state index in [9.17, 15) is 9.59 Å². The zero-order valence-corrected chi connectivity index (χ0v) is 15.3. The van der Waals surface area contributed by atoms with Gasteiger partial charge >= 0.3 is 5.63 Å². The summed E-state index contributed by atoms with van der Waals surface area (Å²) in [5.74, 6) is 2.00. The zero-order valence-electron chi connectivity index (χ0n) is 15.3. The molecule has 7 nitrogen and oxygen atoms in total. The molecule has 2 aromatic heterocycles. The number of aryl methyl sites for hydroxylation is 1. The van der Waals surface area contributed by atoms with E-state index < -0.39 is 5.63 Å². The number of pyridine rings is 1. The first-order valence-corrected chi connectivity index (χ1v) is 9.35. The van der Waals surface area contributed by atoms with Crippen molar-refractivity contribution in [2.75, 3.05) is 24.5 Å². The minimum Gasteiger partial charge on any atom is -0.488 e. The summed E-state index contributed by atoms with van der Waals surface area (Å²) in [7, 11) is 0. The Hall–Kier alpha value is -2.83. The number of ether oxygens (including phenoxy) is 1. The van der Waals surface area contributed by atoms with Crippen LogP contribution >= 0.6 is 0 Å². The molecule has 2 aliphatic rings. The van der Waals surface area contributed by atoms with Crippen LogP contribution in [0.3, 0.4) is 0 Å². The Morgan fingerprint density at radius 2 is 2.15 bits per heavy atom. The van der Waals surface area contributed by atoms with Crippen LogP contribution in [0.5, 0.6) is 5.75 Å². The van der Waals surface area contributed by atoms with Crippen LogP contribution in [0.2, 0.25) is 0 Å². The summed E-state index contributed by atoms with van der Waals surface area (Å²) in [6.45, 7) is 3.76. The molecule has 0 aliphatic carbocycles. The molecule has 27 heavy (non-hydrogen) atoms. The van der Waals surface area contributed by atoms with Gasteiger partial charge in [-0.05, 0) is 31.9 Å². The highest BCUT2D eigenvalue weighted by atomic mass is 16.5. The number of aromatic nitrogens is 1. The van der Waals surface area contributed by atoms with Crippen molar-refractivity contribution in [1.29, 1.82) is 0 Å². The highest BCUT2D eigenvalue weighted by Crippen LogP contribution is 2.27. The van der Waals surface area contributed by atoms with E-state index in [4.69, 9.17) is 9.15 Å². The molecule has 0 saturated carbocycles. The monoisotopic (exact) mass is 369 g/mol. The van der Waals surface area contributed by atoms with Gasteiger partial charge in [0.05, 0.1) is 12.6 Å². The van der Waals surface area contributed by atoms with Crippen LogP contribution in [0.4, 0.5) is 5.82 Å². The number of amides is 1. The van der Waals surface area contributed by atoms with Crippen LogP contribution in [0.25, 0.3) is 0 Å². The number of nitrogens with zero attached hydrogens (tertiary/aromatic N) is 3. The Morgan fingerprint density at radius 1 is 1.26 bits per heavy atom. The topological polar surface area (TPSA) is 75.9 Å². The summed E-state index contributed by atoms with van der Waals surface area (Å²) in [4.78, 5) is 32.9. The fraction of sp³-hybridized carbons (Fsp3) is 0.450. The predicted octanol–water partition coefficient (Wildman–Crippen LogP) is 1.99. The summed E-state index contributed by atoms with van der Waals surface area (Å²) in [6.07, 6.45) is 4.23. The van der Waals surface area contributed by atoms with E-state index in [1.807, 2.05) is 23.1 Å². The van der Waals surface area contributed by atoms with Gasteiger partial charge in [0.15, 0.2) is 0 Å². The SMILES string of the molecule is Cc1cc(OC2CCN(C(=O)C3CCCN3c3ccccn3)C2)cc(=O)o1. The quantitative estimate of drug-likeness (QED) is 0.820. The first-order chi connectivity index (χ1) is 13.1. The molecule has 142 valence electrons. The van der Waals surface area contributed by atoms with Crippen molar-refractivity contribution >= 4 is 11.7 Å². The van der Waals surface area contributed by atoms with Crippen molar-refractivity contribution in [3.05, 3.63) is 52.7 Å². The minimum absolute atomic E-state index is 0.111. The van der Waals surface area contributed by atoms with E-state index in [-0.39, 0.29) is 18.1 Å². The number of anilines is 1. The molecule has 2 unspecified atom stereocenters. The lowest BCUT2D eigenvalue weighted by Gasteiger charge is -2.28. The van der Waals surface area contributed by atoms with Crippen LogP contribution in [0.1, 0.15) is 25.0 Å². The lowest BCUT2D eigenvalue weighted by molar-refractivity contribution is -0.131. The highest BCUT2D eigenvalue weighted by molar-refractivity contribution is 5.86. The largest absolute Gasteiger partial charge is 0.488 e. The van der Waals surface area contributed by atoms with Crippen LogP contribution in [0.15, 0.2) is 45.7 Å². The molecule has 7 heteroatoms. The molecular formula is C20H23N3O4. The molecule has 0 bridgehead atoms. The van der Waals surface area contributed by atoms with Crippen molar-refractivity contribution in [3.8, 4) is 5.75 Å². The van der Waals surface area contributed by atoms with Crippen LogP contribution in [-0.4, -0.2) is 47.6 Å². The zero-order chi connectivity index (χ0) is 18.8. The fourth-order valence-corrected chi connectivity index (χ4v) is 3.89. The molecule has 0 spiro atoms. The van der Waals surface area contributed by atoms with Gasteiger partial charge in [0.25, 0.3) is 0 Å². The molecule has 4 heterocycles. The van der Waals surface area contributed by atoms with Crippen molar-refractivity contribution in [3.63, 3.8) is 0 Å². The Labute approximate surface area is 157 Å². The van der Waals surface area contributed by atoms with Crippen molar-refractivity contribution in [2.45, 2.75) is 38.3 Å².